The van der Waals surface area contributed by atoms with Crippen molar-refractivity contribution < 1.29 is 14.7 Å². The van der Waals surface area contributed by atoms with Crippen LogP contribution in [0.25, 0.3) is 0 Å². The van der Waals surface area contributed by atoms with E-state index in [0.717, 1.165) is 11.1 Å². The fourth-order valence-corrected chi connectivity index (χ4v) is 1.94. The van der Waals surface area contributed by atoms with Crippen LogP contribution in [0.5, 0.6) is 0 Å². The summed E-state index contributed by atoms with van der Waals surface area (Å²) in [5, 5.41) is 11.4. The number of carboxylic acid groups (broad SMARTS) is 1. The molecule has 1 amide bonds. The van der Waals surface area contributed by atoms with Crippen LogP contribution in [-0.2, 0) is 11.2 Å². The van der Waals surface area contributed by atoms with Gasteiger partial charge in [0.1, 0.15) is 0 Å². The highest BCUT2D eigenvalue weighted by Gasteiger charge is 2.10. The molecule has 21 heavy (non-hydrogen) atoms. The number of amides is 1. The lowest BCUT2D eigenvalue weighted by atomic mass is 10.1. The Morgan fingerprint density at radius 2 is 1.95 bits per heavy atom. The molecule has 0 fully saturated rings. The van der Waals surface area contributed by atoms with Crippen molar-refractivity contribution in [2.45, 2.75) is 20.3 Å². The normalized spacial score (nSPS) is 10.2. The van der Waals surface area contributed by atoms with Crippen molar-refractivity contribution in [3.8, 4) is 0 Å². The Morgan fingerprint density at radius 3 is 2.57 bits per heavy atom. The number of hydrogen-bond acceptors (Lipinski definition) is 3. The third-order valence-corrected chi connectivity index (χ3v) is 3.05. The molecule has 0 aliphatic heterocycles. The van der Waals surface area contributed by atoms with Crippen molar-refractivity contribution in [3.05, 3.63) is 58.9 Å². The highest BCUT2D eigenvalue weighted by Crippen LogP contribution is 2.14. The molecule has 1 heterocycles. The van der Waals surface area contributed by atoms with E-state index >= 15 is 0 Å². The van der Waals surface area contributed by atoms with Gasteiger partial charge in [0.15, 0.2) is 0 Å². The van der Waals surface area contributed by atoms with Crippen LogP contribution in [-0.4, -0.2) is 22.0 Å². The summed E-state index contributed by atoms with van der Waals surface area (Å²) in [5.41, 5.74) is 3.51. The number of anilines is 1. The second-order valence-corrected chi connectivity index (χ2v) is 4.88. The van der Waals surface area contributed by atoms with Gasteiger partial charge in [-0.1, -0.05) is 17.7 Å². The molecule has 5 heteroatoms. The molecule has 0 saturated carbocycles. The van der Waals surface area contributed by atoms with Gasteiger partial charge < -0.3 is 10.4 Å². The number of pyridine rings is 1. The third-order valence-electron chi connectivity index (χ3n) is 3.05. The first-order chi connectivity index (χ1) is 9.95. The number of carboxylic acids is 1. The van der Waals surface area contributed by atoms with Crippen molar-refractivity contribution >= 4 is 17.6 Å². The maximum absolute atomic E-state index is 12.2. The van der Waals surface area contributed by atoms with Gasteiger partial charge in [-0.25, -0.2) is 0 Å². The molecule has 0 saturated heterocycles. The number of rotatable bonds is 4. The average Bonchev–Trinajstić information content (AvgIpc) is 2.43. The molecule has 108 valence electrons. The average molecular weight is 284 g/mol. The van der Waals surface area contributed by atoms with Gasteiger partial charge in [0.25, 0.3) is 5.91 Å². The summed E-state index contributed by atoms with van der Waals surface area (Å²) in [6.45, 7) is 3.81. The minimum Gasteiger partial charge on any atom is -0.481 e. The van der Waals surface area contributed by atoms with Gasteiger partial charge in [0.05, 0.1) is 24.0 Å². The Balaban J connectivity index is 2.12. The summed E-state index contributed by atoms with van der Waals surface area (Å²) in [5.74, 6) is -1.14. The minimum atomic E-state index is -0.935. The van der Waals surface area contributed by atoms with Crippen LogP contribution in [0.2, 0.25) is 0 Å². The number of aryl methyl sites for hydroxylation is 2. The molecule has 1 aromatic carbocycles. The summed E-state index contributed by atoms with van der Waals surface area (Å²) in [4.78, 5) is 26.8. The first-order valence-electron chi connectivity index (χ1n) is 6.51. The van der Waals surface area contributed by atoms with Crippen molar-refractivity contribution in [2.75, 3.05) is 5.32 Å². The van der Waals surface area contributed by atoms with E-state index in [1.807, 2.05) is 32.0 Å². The van der Waals surface area contributed by atoms with Crippen LogP contribution in [0.15, 0.2) is 36.5 Å². The lowest BCUT2D eigenvalue weighted by Gasteiger charge is -2.08. The molecule has 0 radical (unpaired) electrons. The number of carbonyl (C=O) groups is 2. The van der Waals surface area contributed by atoms with Crippen LogP contribution in [0, 0.1) is 13.8 Å². The minimum absolute atomic E-state index is 0.134. The molecular formula is C16H16N2O3. The summed E-state index contributed by atoms with van der Waals surface area (Å²) < 4.78 is 0. The van der Waals surface area contributed by atoms with Gasteiger partial charge in [-0.2, -0.15) is 0 Å². The molecule has 0 atom stereocenters. The molecule has 0 unspecified atom stereocenters. The molecule has 2 N–H and O–H groups in total. The van der Waals surface area contributed by atoms with Crippen molar-refractivity contribution in [3.63, 3.8) is 0 Å². The highest BCUT2D eigenvalue weighted by atomic mass is 16.4. The number of hydrogen-bond donors (Lipinski definition) is 2. The van der Waals surface area contributed by atoms with Gasteiger partial charge in [-0.3, -0.25) is 14.6 Å². The van der Waals surface area contributed by atoms with E-state index in [1.165, 1.54) is 6.20 Å². The van der Waals surface area contributed by atoms with Gasteiger partial charge in [0, 0.05) is 5.56 Å². The second kappa shape index (κ2) is 6.17. The van der Waals surface area contributed by atoms with Gasteiger partial charge in [-0.15, -0.1) is 0 Å². The molecule has 0 bridgehead atoms. The van der Waals surface area contributed by atoms with Crippen LogP contribution in [0.1, 0.15) is 27.2 Å². The quantitative estimate of drug-likeness (QED) is 0.904. The lowest BCUT2D eigenvalue weighted by Crippen LogP contribution is -2.14. The van der Waals surface area contributed by atoms with Crippen molar-refractivity contribution in [1.29, 1.82) is 0 Å². The molecule has 2 aromatic rings. The standard InChI is InChI=1S/C16H16N2O3/c1-10-3-4-11(2)14(7-10)16(21)18-13-6-5-12(17-9-13)8-15(19)20/h3-7,9H,8H2,1-2H3,(H,18,21)(H,19,20). The zero-order chi connectivity index (χ0) is 15.4. The Morgan fingerprint density at radius 1 is 1.19 bits per heavy atom. The first kappa shape index (κ1) is 14.7. The molecule has 5 nitrogen and oxygen atoms in total. The van der Waals surface area contributed by atoms with Crippen LogP contribution >= 0.6 is 0 Å². The Bertz CT molecular complexity index is 678. The Kier molecular flexibility index (Phi) is 4.33. The zero-order valence-electron chi connectivity index (χ0n) is 11.9. The van der Waals surface area contributed by atoms with Crippen LogP contribution < -0.4 is 5.32 Å². The van der Waals surface area contributed by atoms with Crippen LogP contribution in [0.4, 0.5) is 5.69 Å². The van der Waals surface area contributed by atoms with E-state index in [1.54, 1.807) is 12.1 Å². The molecule has 0 aliphatic rings. The van der Waals surface area contributed by atoms with Crippen molar-refractivity contribution in [1.82, 2.24) is 4.98 Å². The Labute approximate surface area is 122 Å². The van der Waals surface area contributed by atoms with E-state index < -0.39 is 5.97 Å². The Hall–Kier alpha value is -2.69. The number of aromatic nitrogens is 1. The fourth-order valence-electron chi connectivity index (χ4n) is 1.94. The summed E-state index contributed by atoms with van der Waals surface area (Å²) in [6.07, 6.45) is 1.33. The second-order valence-electron chi connectivity index (χ2n) is 4.88. The first-order valence-corrected chi connectivity index (χ1v) is 6.51. The lowest BCUT2D eigenvalue weighted by molar-refractivity contribution is -0.136. The number of nitrogens with one attached hydrogen (secondary N) is 1. The zero-order valence-corrected chi connectivity index (χ0v) is 11.9. The molecule has 0 spiro atoms. The largest absolute Gasteiger partial charge is 0.481 e. The number of aliphatic carboxylic acids is 1. The van der Waals surface area contributed by atoms with Crippen LogP contribution in [0.3, 0.4) is 0 Å². The molecular weight excluding hydrogens is 268 g/mol. The van der Waals surface area contributed by atoms with Gasteiger partial charge >= 0.3 is 5.97 Å². The number of carbonyl (C=O) groups excluding carboxylic acids is 1. The summed E-state index contributed by atoms with van der Waals surface area (Å²) in [7, 11) is 0. The topological polar surface area (TPSA) is 79.3 Å². The molecule has 2 rings (SSSR count). The maximum Gasteiger partial charge on any atom is 0.309 e. The van der Waals surface area contributed by atoms with E-state index in [-0.39, 0.29) is 12.3 Å². The smallest absolute Gasteiger partial charge is 0.309 e. The van der Waals surface area contributed by atoms with E-state index in [0.29, 0.717) is 16.9 Å². The third kappa shape index (κ3) is 3.89. The fraction of sp³-hybridized carbons (Fsp3) is 0.188. The van der Waals surface area contributed by atoms with Crippen molar-refractivity contribution in [2.24, 2.45) is 0 Å². The molecule has 1 aromatic heterocycles. The van der Waals surface area contributed by atoms with Gasteiger partial charge in [-0.05, 0) is 37.6 Å². The maximum atomic E-state index is 12.2. The van der Waals surface area contributed by atoms with E-state index in [4.69, 9.17) is 5.11 Å². The summed E-state index contributed by atoms with van der Waals surface area (Å²) >= 11 is 0. The predicted molar refractivity (Wildman–Crippen MR) is 79.4 cm³/mol. The SMILES string of the molecule is Cc1ccc(C)c(C(=O)Nc2ccc(CC(=O)O)nc2)c1. The number of benzene rings is 1. The highest BCUT2D eigenvalue weighted by molar-refractivity contribution is 6.05. The number of nitrogens with zero attached hydrogens (tertiary/aromatic N) is 1. The predicted octanol–water partition coefficient (Wildman–Crippen LogP) is 2.58. The monoisotopic (exact) mass is 284 g/mol. The van der Waals surface area contributed by atoms with E-state index in [9.17, 15) is 9.59 Å². The van der Waals surface area contributed by atoms with E-state index in [2.05, 4.69) is 10.3 Å². The molecule has 0 aliphatic carbocycles. The summed E-state index contributed by atoms with van der Waals surface area (Å²) in [6, 6.07) is 8.92. The van der Waals surface area contributed by atoms with Gasteiger partial charge in [0.2, 0.25) is 0 Å².